The molecule has 60 heavy (non-hydrogen) atoms. The van der Waals surface area contributed by atoms with Gasteiger partial charge in [-0.25, -0.2) is 0 Å². The van der Waals surface area contributed by atoms with E-state index in [0.717, 1.165) is 83.5 Å². The molecule has 0 aliphatic heterocycles. The number of rotatable bonds is 45. The number of esters is 3. The van der Waals surface area contributed by atoms with E-state index in [-0.39, 0.29) is 37.5 Å². The van der Waals surface area contributed by atoms with E-state index in [4.69, 9.17) is 14.2 Å². The minimum absolute atomic E-state index is 0.0987. The molecule has 0 aliphatic carbocycles. The van der Waals surface area contributed by atoms with Crippen molar-refractivity contribution in [1.29, 1.82) is 0 Å². The molecule has 1 atom stereocenters. The van der Waals surface area contributed by atoms with Gasteiger partial charge in [-0.3, -0.25) is 14.4 Å². The van der Waals surface area contributed by atoms with Gasteiger partial charge in [0.25, 0.3) is 0 Å². The third kappa shape index (κ3) is 46.2. The van der Waals surface area contributed by atoms with E-state index >= 15 is 0 Å². The van der Waals surface area contributed by atoms with Gasteiger partial charge < -0.3 is 14.2 Å². The van der Waals surface area contributed by atoms with Gasteiger partial charge in [-0.2, -0.15) is 0 Å². The topological polar surface area (TPSA) is 78.9 Å². The minimum atomic E-state index is -0.805. The van der Waals surface area contributed by atoms with Crippen LogP contribution in [0.3, 0.4) is 0 Å². The molecule has 1 unspecified atom stereocenters. The summed E-state index contributed by atoms with van der Waals surface area (Å²) in [6, 6.07) is 0. The Bertz CT molecular complexity index is 1100. The number of carbonyl (C=O) groups excluding carboxylic acids is 3. The van der Waals surface area contributed by atoms with Gasteiger partial charge in [0.15, 0.2) is 6.10 Å². The molecule has 346 valence electrons. The highest BCUT2D eigenvalue weighted by atomic mass is 16.6. The predicted octanol–water partition coefficient (Wildman–Crippen LogP) is 16.5. The monoisotopic (exact) mass is 839 g/mol. The zero-order valence-electron chi connectivity index (χ0n) is 39.5. The van der Waals surface area contributed by atoms with Crippen molar-refractivity contribution in [3.05, 3.63) is 60.8 Å². The molecule has 0 fully saturated rings. The van der Waals surface area contributed by atoms with Crippen LogP contribution in [-0.4, -0.2) is 37.2 Å². The van der Waals surface area contributed by atoms with Crippen molar-refractivity contribution < 1.29 is 28.6 Å². The van der Waals surface area contributed by atoms with Crippen LogP contribution in [0, 0.1) is 0 Å². The fraction of sp³-hybridized carbons (Fsp3) is 0.759. The molecule has 0 saturated heterocycles. The van der Waals surface area contributed by atoms with Gasteiger partial charge in [-0.15, -0.1) is 0 Å². The van der Waals surface area contributed by atoms with Crippen molar-refractivity contribution >= 4 is 17.9 Å². The van der Waals surface area contributed by atoms with Gasteiger partial charge in [0.1, 0.15) is 13.2 Å². The van der Waals surface area contributed by atoms with E-state index < -0.39 is 6.10 Å². The first-order chi connectivity index (χ1) is 29.5. The molecule has 0 aromatic carbocycles. The molecule has 0 saturated carbocycles. The van der Waals surface area contributed by atoms with Gasteiger partial charge in [0.2, 0.25) is 0 Å². The summed E-state index contributed by atoms with van der Waals surface area (Å²) in [4.78, 5) is 37.9. The van der Waals surface area contributed by atoms with E-state index in [1.165, 1.54) is 116 Å². The summed E-state index contributed by atoms with van der Waals surface area (Å²) in [5.41, 5.74) is 0. The molecule has 0 amide bonds. The van der Waals surface area contributed by atoms with Crippen molar-refractivity contribution in [3.63, 3.8) is 0 Å². The lowest BCUT2D eigenvalue weighted by Gasteiger charge is -2.18. The zero-order chi connectivity index (χ0) is 43.7. The second-order valence-electron chi connectivity index (χ2n) is 16.7. The molecule has 0 aliphatic rings. The lowest BCUT2D eigenvalue weighted by atomic mass is 10.0. The number of hydrogen-bond acceptors (Lipinski definition) is 6. The summed E-state index contributed by atoms with van der Waals surface area (Å²) in [7, 11) is 0. The first kappa shape index (κ1) is 57.1. The number of carbonyl (C=O) groups is 3. The van der Waals surface area contributed by atoms with Crippen LogP contribution in [-0.2, 0) is 28.6 Å². The number of ether oxygens (including phenoxy) is 3. The summed E-state index contributed by atoms with van der Waals surface area (Å²) >= 11 is 0. The molecular formula is C54H94O6. The Morgan fingerprint density at radius 1 is 0.350 bits per heavy atom. The lowest BCUT2D eigenvalue weighted by Crippen LogP contribution is -2.30. The molecule has 0 aromatic heterocycles. The molecule has 0 radical (unpaired) electrons. The molecule has 6 nitrogen and oxygen atoms in total. The molecular weight excluding hydrogens is 745 g/mol. The Kier molecular flexibility index (Phi) is 46.4. The van der Waals surface area contributed by atoms with E-state index in [9.17, 15) is 14.4 Å². The second-order valence-corrected chi connectivity index (χ2v) is 16.7. The lowest BCUT2D eigenvalue weighted by molar-refractivity contribution is -0.166. The summed E-state index contributed by atoms with van der Waals surface area (Å²) < 4.78 is 16.7. The van der Waals surface area contributed by atoms with E-state index in [1.807, 2.05) is 6.08 Å². The van der Waals surface area contributed by atoms with Gasteiger partial charge in [-0.1, -0.05) is 216 Å². The van der Waals surface area contributed by atoms with Crippen LogP contribution in [0.5, 0.6) is 0 Å². The Morgan fingerprint density at radius 3 is 1.12 bits per heavy atom. The standard InChI is InChI=1S/C54H94O6/c1-4-7-10-13-16-19-22-25-27-30-32-35-38-41-44-47-53(56)59-50-51(49-58-52(55)46-43-40-37-34-31-28-24-21-18-15-12-9-6-3)60-54(57)48-45-42-39-36-33-29-26-23-20-17-14-11-8-5-2/h8,11,17,20,26,28-29,31,37,40,51H,4-7,9-10,12-16,18-19,21-25,27,30,32-36,38-39,41-50H2,1-3H3/b11-8+,20-17+,29-26+,31-28+,40-37+. The van der Waals surface area contributed by atoms with Crippen molar-refractivity contribution in [2.24, 2.45) is 0 Å². The largest absolute Gasteiger partial charge is 0.462 e. The smallest absolute Gasteiger partial charge is 0.306 e. The molecule has 0 rings (SSSR count). The Labute approximate surface area is 370 Å². The molecule has 0 aromatic rings. The van der Waals surface area contributed by atoms with Gasteiger partial charge in [0.05, 0.1) is 0 Å². The fourth-order valence-electron chi connectivity index (χ4n) is 6.98. The quantitative estimate of drug-likeness (QED) is 0.0263. The van der Waals surface area contributed by atoms with Gasteiger partial charge >= 0.3 is 17.9 Å². The molecule has 0 bridgehead atoms. The third-order valence-corrected chi connectivity index (χ3v) is 10.8. The highest BCUT2D eigenvalue weighted by Crippen LogP contribution is 2.15. The van der Waals surface area contributed by atoms with Crippen LogP contribution in [0.4, 0.5) is 0 Å². The third-order valence-electron chi connectivity index (χ3n) is 10.8. The summed E-state index contributed by atoms with van der Waals surface area (Å²) in [6.45, 7) is 6.45. The fourth-order valence-corrected chi connectivity index (χ4v) is 6.98. The Balaban J connectivity index is 4.46. The average molecular weight is 839 g/mol. The predicted molar refractivity (Wildman–Crippen MR) is 256 cm³/mol. The maximum absolute atomic E-state index is 12.8. The zero-order valence-corrected chi connectivity index (χ0v) is 39.5. The average Bonchev–Trinajstić information content (AvgIpc) is 3.24. The van der Waals surface area contributed by atoms with Gasteiger partial charge in [-0.05, 0) is 70.6 Å². The number of unbranched alkanes of at least 4 members (excludes halogenated alkanes) is 24. The number of allylic oxidation sites excluding steroid dienone is 10. The minimum Gasteiger partial charge on any atom is -0.462 e. The molecule has 0 heterocycles. The van der Waals surface area contributed by atoms with Crippen LogP contribution in [0.15, 0.2) is 60.8 Å². The van der Waals surface area contributed by atoms with Crippen molar-refractivity contribution in [1.82, 2.24) is 0 Å². The SMILES string of the molecule is CC/C=C/C/C=C/C/C=C/CCCCCCC(=O)OC(COC(=O)CC/C=C/C/C=C/CCCCCCCC)COC(=O)CCCCCCCCCCCCCCCCC. The van der Waals surface area contributed by atoms with Crippen LogP contribution >= 0.6 is 0 Å². The van der Waals surface area contributed by atoms with E-state index in [0.29, 0.717) is 19.3 Å². The number of hydrogen-bond donors (Lipinski definition) is 0. The first-order valence-electron chi connectivity index (χ1n) is 25.3. The Hall–Kier alpha value is -2.89. The summed E-state index contributed by atoms with van der Waals surface area (Å²) in [5, 5.41) is 0. The van der Waals surface area contributed by atoms with Crippen LogP contribution in [0.2, 0.25) is 0 Å². The molecule has 0 N–H and O–H groups in total. The maximum atomic E-state index is 12.8. The summed E-state index contributed by atoms with van der Waals surface area (Å²) in [6.07, 6.45) is 59.3. The first-order valence-corrected chi connectivity index (χ1v) is 25.3. The highest BCUT2D eigenvalue weighted by molar-refractivity contribution is 5.71. The van der Waals surface area contributed by atoms with Crippen molar-refractivity contribution in [3.8, 4) is 0 Å². The van der Waals surface area contributed by atoms with Crippen LogP contribution in [0.25, 0.3) is 0 Å². The van der Waals surface area contributed by atoms with Crippen LogP contribution < -0.4 is 0 Å². The Morgan fingerprint density at radius 2 is 0.683 bits per heavy atom. The normalized spacial score (nSPS) is 12.5. The van der Waals surface area contributed by atoms with E-state index in [2.05, 4.69) is 75.5 Å². The highest BCUT2D eigenvalue weighted by Gasteiger charge is 2.19. The van der Waals surface area contributed by atoms with E-state index in [1.54, 1.807) is 0 Å². The van der Waals surface area contributed by atoms with Crippen molar-refractivity contribution in [2.45, 2.75) is 252 Å². The maximum Gasteiger partial charge on any atom is 0.306 e. The molecule has 0 spiro atoms. The second kappa shape index (κ2) is 48.8. The molecule has 6 heteroatoms. The van der Waals surface area contributed by atoms with Crippen molar-refractivity contribution in [2.75, 3.05) is 13.2 Å². The van der Waals surface area contributed by atoms with Crippen LogP contribution in [0.1, 0.15) is 245 Å². The summed E-state index contributed by atoms with van der Waals surface area (Å²) in [5.74, 6) is -0.988. The van der Waals surface area contributed by atoms with Gasteiger partial charge in [0, 0.05) is 19.3 Å².